The lowest BCUT2D eigenvalue weighted by Crippen LogP contribution is -2.31. The van der Waals surface area contributed by atoms with Crippen LogP contribution in [0.25, 0.3) is 27.5 Å². The molecule has 0 amide bonds. The molecule has 0 aliphatic heterocycles. The number of ether oxygens (including phenoxy) is 6. The molecule has 4 heterocycles. The van der Waals surface area contributed by atoms with Crippen LogP contribution in [-0.4, -0.2) is 47.8 Å². The molecule has 0 spiro atoms. The van der Waals surface area contributed by atoms with E-state index in [0.29, 0.717) is 50.4 Å². The van der Waals surface area contributed by atoms with Crippen LogP contribution in [0.4, 0.5) is 0 Å². The third kappa shape index (κ3) is 11.4. The minimum Gasteiger partial charge on any atom is -0.493 e. The summed E-state index contributed by atoms with van der Waals surface area (Å²) >= 11 is 0. The van der Waals surface area contributed by atoms with E-state index in [1.807, 2.05) is 152 Å². The molecule has 2 N–H and O–H groups in total. The smallest absolute Gasteiger partial charge is 0.293 e. The summed E-state index contributed by atoms with van der Waals surface area (Å²) in [6.45, 7) is 1.92. The number of benzene rings is 6. The highest BCUT2D eigenvalue weighted by Gasteiger charge is 2.12. The molecule has 66 heavy (non-hydrogen) atoms. The normalized spacial score (nSPS) is 10.8. The summed E-state index contributed by atoms with van der Waals surface area (Å²) < 4.78 is 36.7. The number of hydrogen-bond acceptors (Lipinski definition) is 12. The summed E-state index contributed by atoms with van der Waals surface area (Å²) in [5.74, 6) is 4.96. The summed E-state index contributed by atoms with van der Waals surface area (Å²) in [5, 5.41) is 19.1. The molecule has 0 radical (unpaired) electrons. The third-order valence-corrected chi connectivity index (χ3v) is 10.1. The number of tetrazole rings is 1. The Hall–Kier alpha value is -8.85. The predicted octanol–water partition coefficient (Wildman–Crippen LogP) is 8.89. The number of para-hydroxylation sites is 2. The minimum absolute atomic E-state index is 0.334. The van der Waals surface area contributed by atoms with Crippen LogP contribution in [0.15, 0.2) is 176 Å². The first kappa shape index (κ1) is 42.5. The van der Waals surface area contributed by atoms with E-state index in [9.17, 15) is 0 Å². The Morgan fingerprint density at radius 2 is 1.09 bits per heavy atom. The Bertz CT molecular complexity index is 3110. The van der Waals surface area contributed by atoms with E-state index in [2.05, 4.69) is 52.8 Å². The Morgan fingerprint density at radius 1 is 0.500 bits per heavy atom. The molecule has 10 rings (SSSR count). The summed E-state index contributed by atoms with van der Waals surface area (Å²) in [4.78, 5) is 13.3. The minimum atomic E-state index is 0.334. The highest BCUT2D eigenvalue weighted by atomic mass is 16.5. The fourth-order valence-corrected chi connectivity index (χ4v) is 6.78. The SMILES string of the molecule is COc1ccc(-[n+]2cnn[nH]2)cc1OCc1cccc(OCc2ccc3ccccc3n2)c1.c1cc(COc2ccc(OCc3ccc4ccccc4n3)cc2)cc(OCc2ncn[nH]2)c1. The van der Waals surface area contributed by atoms with Gasteiger partial charge in [-0.3, -0.25) is 5.10 Å². The number of methoxy groups -OCH3 is 1. The van der Waals surface area contributed by atoms with Gasteiger partial charge >= 0.3 is 0 Å². The maximum atomic E-state index is 6.06. The van der Waals surface area contributed by atoms with Crippen molar-refractivity contribution in [2.24, 2.45) is 0 Å². The standard InChI is InChI=1S/C26H22N4O3.C25H21N5O3/c1-2-7-25-20(5-1)8-9-21(29-25)16-32-23-12-10-22(11-13-23)31-15-19-4-3-6-24(14-19)33-17-26-27-18-28-30-26;1-31-24-12-11-21(30-17-26-28-29-30)14-25(24)33-15-18-5-4-7-22(13-18)32-16-20-10-9-19-6-2-3-8-23(19)27-20/h1-14,18H,15-17H2,(H,27,28,30);2-14,17H,15-16H2,1H3/p+1. The van der Waals surface area contributed by atoms with Crippen molar-refractivity contribution in [3.8, 4) is 40.2 Å². The summed E-state index contributed by atoms with van der Waals surface area (Å²) in [6.07, 6.45) is 3.04. The van der Waals surface area contributed by atoms with Crippen LogP contribution in [0.5, 0.6) is 34.5 Å². The summed E-state index contributed by atoms with van der Waals surface area (Å²) in [5.41, 5.74) is 6.50. The van der Waals surface area contributed by atoms with Crippen LogP contribution in [0.2, 0.25) is 0 Å². The van der Waals surface area contributed by atoms with Crippen LogP contribution >= 0.6 is 0 Å². The topological polar surface area (TPSA) is 168 Å². The highest BCUT2D eigenvalue weighted by Crippen LogP contribution is 2.29. The summed E-state index contributed by atoms with van der Waals surface area (Å²) in [6, 6.07) is 53.0. The molecule has 15 heteroatoms. The number of fused-ring (bicyclic) bond motifs is 2. The molecule has 0 bridgehead atoms. The molecule has 0 unspecified atom stereocenters. The number of aromatic amines is 2. The molecule has 328 valence electrons. The van der Waals surface area contributed by atoms with Crippen molar-refractivity contribution in [1.82, 2.24) is 40.7 Å². The van der Waals surface area contributed by atoms with Crippen LogP contribution in [-0.2, 0) is 33.0 Å². The quantitative estimate of drug-likeness (QED) is 0.0835. The lowest BCUT2D eigenvalue weighted by atomic mass is 10.2. The van der Waals surface area contributed by atoms with Crippen molar-refractivity contribution in [2.75, 3.05) is 7.11 Å². The van der Waals surface area contributed by atoms with Gasteiger partial charge in [-0.15, -0.1) is 4.68 Å². The second-order valence-corrected chi connectivity index (χ2v) is 14.8. The van der Waals surface area contributed by atoms with Crippen LogP contribution in [0.3, 0.4) is 0 Å². The molecule has 0 aliphatic rings. The van der Waals surface area contributed by atoms with Gasteiger partial charge in [0.1, 0.15) is 73.1 Å². The molecular weight excluding hydrogens is 835 g/mol. The number of H-pyrrole nitrogens is 2. The summed E-state index contributed by atoms with van der Waals surface area (Å²) in [7, 11) is 1.61. The molecule has 4 aromatic heterocycles. The number of hydrogen-bond donors (Lipinski definition) is 2. The van der Waals surface area contributed by atoms with Gasteiger partial charge in [0.25, 0.3) is 6.33 Å². The maximum Gasteiger partial charge on any atom is 0.293 e. The zero-order chi connectivity index (χ0) is 44.8. The first-order chi connectivity index (χ1) is 32.6. The number of nitrogens with zero attached hydrogens (tertiary/aromatic N) is 7. The number of aromatic nitrogens is 9. The van der Waals surface area contributed by atoms with E-state index in [-0.39, 0.29) is 0 Å². The number of rotatable bonds is 17. The first-order valence-corrected chi connectivity index (χ1v) is 21.0. The van der Waals surface area contributed by atoms with Gasteiger partial charge in [0.2, 0.25) is 0 Å². The van der Waals surface area contributed by atoms with E-state index in [1.165, 1.54) is 6.33 Å². The second-order valence-electron chi connectivity index (χ2n) is 14.8. The molecule has 0 saturated heterocycles. The lowest BCUT2D eigenvalue weighted by Gasteiger charge is -2.12. The van der Waals surface area contributed by atoms with Gasteiger partial charge in [-0.25, -0.2) is 15.0 Å². The average Bonchev–Trinajstić information content (AvgIpc) is 4.13. The van der Waals surface area contributed by atoms with Crippen LogP contribution in [0, 0.1) is 0 Å². The van der Waals surface area contributed by atoms with Crippen molar-refractivity contribution in [2.45, 2.75) is 33.0 Å². The number of pyridine rings is 2. The second kappa shape index (κ2) is 21.0. The molecule has 0 saturated carbocycles. The van der Waals surface area contributed by atoms with E-state index in [1.54, 1.807) is 18.1 Å². The lowest BCUT2D eigenvalue weighted by molar-refractivity contribution is -0.660. The highest BCUT2D eigenvalue weighted by molar-refractivity contribution is 5.79. The van der Waals surface area contributed by atoms with E-state index < -0.39 is 0 Å². The monoisotopic (exact) mass is 878 g/mol. The predicted molar refractivity (Wildman–Crippen MR) is 245 cm³/mol. The Labute approximate surface area is 379 Å². The van der Waals surface area contributed by atoms with Crippen LogP contribution in [0.1, 0.15) is 28.3 Å². The van der Waals surface area contributed by atoms with Gasteiger partial charge in [-0.05, 0) is 96.1 Å². The zero-order valence-electron chi connectivity index (χ0n) is 35.9. The van der Waals surface area contributed by atoms with Crippen LogP contribution < -0.4 is 33.1 Å². The Balaban J connectivity index is 0.000000166. The van der Waals surface area contributed by atoms with Gasteiger partial charge in [0, 0.05) is 16.8 Å². The molecule has 15 nitrogen and oxygen atoms in total. The van der Waals surface area contributed by atoms with Crippen molar-refractivity contribution in [1.29, 1.82) is 0 Å². The van der Waals surface area contributed by atoms with Gasteiger partial charge in [-0.1, -0.05) is 78.0 Å². The van der Waals surface area contributed by atoms with Gasteiger partial charge < -0.3 is 28.4 Å². The third-order valence-electron chi connectivity index (χ3n) is 10.1. The van der Waals surface area contributed by atoms with E-state index >= 15 is 0 Å². The zero-order valence-corrected chi connectivity index (χ0v) is 35.9. The molecule has 6 aromatic carbocycles. The van der Waals surface area contributed by atoms with Gasteiger partial charge in [0.15, 0.2) is 22.5 Å². The average molecular weight is 879 g/mol. The molecule has 0 aliphatic carbocycles. The largest absolute Gasteiger partial charge is 0.493 e. The van der Waals surface area contributed by atoms with Crippen molar-refractivity contribution < 1.29 is 33.1 Å². The molecule has 0 fully saturated rings. The fourth-order valence-electron chi connectivity index (χ4n) is 6.78. The maximum absolute atomic E-state index is 6.06. The van der Waals surface area contributed by atoms with Gasteiger partial charge in [-0.2, -0.15) is 5.10 Å². The Morgan fingerprint density at radius 3 is 1.68 bits per heavy atom. The Kier molecular flexibility index (Phi) is 13.5. The first-order valence-electron chi connectivity index (χ1n) is 21.0. The van der Waals surface area contributed by atoms with Crippen molar-refractivity contribution in [3.63, 3.8) is 0 Å². The van der Waals surface area contributed by atoms with Crippen molar-refractivity contribution >= 4 is 21.8 Å². The fraction of sp³-hybridized carbons (Fsp3) is 0.118. The molecule has 0 atom stereocenters. The molecule has 10 aromatic rings. The number of nitrogens with one attached hydrogen (secondary N) is 2. The van der Waals surface area contributed by atoms with E-state index in [0.717, 1.165) is 73.0 Å². The van der Waals surface area contributed by atoms with Gasteiger partial charge in [0.05, 0.1) is 29.5 Å². The van der Waals surface area contributed by atoms with E-state index in [4.69, 9.17) is 28.4 Å². The molecular formula is C51H44N9O6+. The van der Waals surface area contributed by atoms with Crippen molar-refractivity contribution in [3.05, 3.63) is 205 Å².